The molecule has 1 aliphatic rings. The molecule has 1 aromatic rings. The molecule has 1 fully saturated rings. The first kappa shape index (κ1) is 15.9. The Morgan fingerprint density at radius 3 is 2.40 bits per heavy atom. The maximum atomic E-state index is 6.13. The first-order valence-corrected chi connectivity index (χ1v) is 8.57. The highest BCUT2D eigenvalue weighted by molar-refractivity contribution is 7.11. The van der Waals surface area contributed by atoms with Gasteiger partial charge >= 0.3 is 0 Å². The van der Waals surface area contributed by atoms with Crippen molar-refractivity contribution < 1.29 is 0 Å². The monoisotopic (exact) mass is 295 g/mol. The standard InChI is InChI=1S/C16H29N3S/c1-11-6-8-19(9-7-11)10-13-18-15(16(3,4)5)14(20-13)12(2)17/h11-12H,6-10,17H2,1-5H3. The molecule has 20 heavy (non-hydrogen) atoms. The highest BCUT2D eigenvalue weighted by Crippen LogP contribution is 2.33. The third-order valence-electron chi connectivity index (χ3n) is 4.06. The number of hydrogen-bond acceptors (Lipinski definition) is 4. The number of nitrogens with zero attached hydrogens (tertiary/aromatic N) is 2. The number of hydrogen-bond donors (Lipinski definition) is 1. The van der Waals surface area contributed by atoms with Gasteiger partial charge in [0.15, 0.2) is 0 Å². The molecule has 0 spiro atoms. The number of piperidine rings is 1. The Balaban J connectivity index is 2.13. The van der Waals surface area contributed by atoms with E-state index in [0.29, 0.717) is 0 Å². The molecule has 4 heteroatoms. The molecule has 1 aromatic heterocycles. The Labute approximate surface area is 127 Å². The molecule has 2 rings (SSSR count). The molecular weight excluding hydrogens is 266 g/mol. The highest BCUT2D eigenvalue weighted by Gasteiger charge is 2.26. The summed E-state index contributed by atoms with van der Waals surface area (Å²) in [5.41, 5.74) is 7.40. The molecule has 1 atom stereocenters. The molecule has 3 nitrogen and oxygen atoms in total. The van der Waals surface area contributed by atoms with E-state index < -0.39 is 0 Å². The van der Waals surface area contributed by atoms with E-state index in [9.17, 15) is 0 Å². The van der Waals surface area contributed by atoms with Gasteiger partial charge in [-0.2, -0.15) is 0 Å². The summed E-state index contributed by atoms with van der Waals surface area (Å²) in [7, 11) is 0. The van der Waals surface area contributed by atoms with Gasteiger partial charge in [0.2, 0.25) is 0 Å². The fourth-order valence-corrected chi connectivity index (χ4v) is 3.98. The maximum absolute atomic E-state index is 6.13. The van der Waals surface area contributed by atoms with Crippen molar-refractivity contribution in [2.24, 2.45) is 11.7 Å². The Morgan fingerprint density at radius 1 is 1.35 bits per heavy atom. The van der Waals surface area contributed by atoms with Crippen LogP contribution < -0.4 is 5.73 Å². The topological polar surface area (TPSA) is 42.2 Å². The van der Waals surface area contributed by atoms with Crippen molar-refractivity contribution >= 4 is 11.3 Å². The van der Waals surface area contributed by atoms with E-state index in [-0.39, 0.29) is 11.5 Å². The van der Waals surface area contributed by atoms with Gasteiger partial charge in [-0.1, -0.05) is 27.7 Å². The molecule has 2 N–H and O–H groups in total. The van der Waals surface area contributed by atoms with Gasteiger partial charge in [0.05, 0.1) is 12.2 Å². The van der Waals surface area contributed by atoms with Crippen LogP contribution in [0.5, 0.6) is 0 Å². The Hall–Kier alpha value is -0.450. The molecule has 0 amide bonds. The van der Waals surface area contributed by atoms with Crippen LogP contribution in [-0.4, -0.2) is 23.0 Å². The molecule has 1 unspecified atom stereocenters. The van der Waals surface area contributed by atoms with Crippen molar-refractivity contribution in [1.29, 1.82) is 0 Å². The largest absolute Gasteiger partial charge is 0.323 e. The van der Waals surface area contributed by atoms with Crippen molar-refractivity contribution in [1.82, 2.24) is 9.88 Å². The third kappa shape index (κ3) is 3.80. The summed E-state index contributed by atoms with van der Waals surface area (Å²) in [4.78, 5) is 8.71. The number of thiazole rings is 1. The van der Waals surface area contributed by atoms with Gasteiger partial charge in [-0.05, 0) is 38.8 Å². The first-order chi connectivity index (χ1) is 9.27. The second-order valence-electron chi connectivity index (χ2n) is 7.32. The summed E-state index contributed by atoms with van der Waals surface area (Å²) in [5.74, 6) is 0.882. The average molecular weight is 295 g/mol. The maximum Gasteiger partial charge on any atom is 0.107 e. The molecule has 0 radical (unpaired) electrons. The van der Waals surface area contributed by atoms with E-state index in [4.69, 9.17) is 10.7 Å². The van der Waals surface area contributed by atoms with Crippen LogP contribution in [0.15, 0.2) is 0 Å². The fraction of sp³-hybridized carbons (Fsp3) is 0.812. The summed E-state index contributed by atoms with van der Waals surface area (Å²) in [5, 5.41) is 1.23. The first-order valence-electron chi connectivity index (χ1n) is 7.75. The van der Waals surface area contributed by atoms with E-state index in [1.54, 1.807) is 0 Å². The lowest BCUT2D eigenvalue weighted by Gasteiger charge is -2.29. The lowest BCUT2D eigenvalue weighted by molar-refractivity contribution is 0.185. The van der Waals surface area contributed by atoms with E-state index in [0.717, 1.165) is 12.5 Å². The second-order valence-corrected chi connectivity index (χ2v) is 8.43. The second kappa shape index (κ2) is 6.12. The van der Waals surface area contributed by atoms with Crippen molar-refractivity contribution in [3.63, 3.8) is 0 Å². The van der Waals surface area contributed by atoms with E-state index in [1.807, 2.05) is 11.3 Å². The minimum absolute atomic E-state index is 0.0775. The van der Waals surface area contributed by atoms with Crippen molar-refractivity contribution in [2.75, 3.05) is 13.1 Å². The van der Waals surface area contributed by atoms with Crippen molar-refractivity contribution in [2.45, 2.75) is 65.5 Å². The van der Waals surface area contributed by atoms with Crippen LogP contribution in [0.2, 0.25) is 0 Å². The highest BCUT2D eigenvalue weighted by atomic mass is 32.1. The molecule has 114 valence electrons. The summed E-state index contributed by atoms with van der Waals surface area (Å²) in [6.45, 7) is 14.5. The van der Waals surface area contributed by atoms with Crippen LogP contribution in [0, 0.1) is 5.92 Å². The number of nitrogens with two attached hydrogens (primary N) is 1. The Bertz CT molecular complexity index is 437. The summed E-state index contributed by atoms with van der Waals surface area (Å²) in [6.07, 6.45) is 2.63. The minimum atomic E-state index is 0.0775. The van der Waals surface area contributed by atoms with Crippen LogP contribution >= 0.6 is 11.3 Å². The predicted octanol–water partition coefficient (Wildman–Crippen LogP) is 3.69. The van der Waals surface area contributed by atoms with Gasteiger partial charge in [-0.15, -0.1) is 11.3 Å². The third-order valence-corrected chi connectivity index (χ3v) is 5.30. The minimum Gasteiger partial charge on any atom is -0.323 e. The van der Waals surface area contributed by atoms with Gasteiger partial charge in [0.1, 0.15) is 5.01 Å². The molecule has 1 saturated heterocycles. The Morgan fingerprint density at radius 2 is 1.95 bits per heavy atom. The molecule has 0 bridgehead atoms. The van der Waals surface area contributed by atoms with Crippen molar-refractivity contribution in [3.05, 3.63) is 15.6 Å². The van der Waals surface area contributed by atoms with Crippen molar-refractivity contribution in [3.8, 4) is 0 Å². The van der Waals surface area contributed by atoms with E-state index in [2.05, 4.69) is 39.5 Å². The van der Waals surface area contributed by atoms with E-state index >= 15 is 0 Å². The zero-order valence-electron chi connectivity index (χ0n) is 13.6. The van der Waals surface area contributed by atoms with Gasteiger partial charge < -0.3 is 5.73 Å². The lowest BCUT2D eigenvalue weighted by Crippen LogP contribution is -2.32. The van der Waals surface area contributed by atoms with Crippen LogP contribution in [0.1, 0.15) is 69.1 Å². The smallest absolute Gasteiger partial charge is 0.107 e. The van der Waals surface area contributed by atoms with Crippen LogP contribution in [-0.2, 0) is 12.0 Å². The van der Waals surface area contributed by atoms with Gasteiger partial charge in [-0.25, -0.2) is 4.98 Å². The average Bonchev–Trinajstić information content (AvgIpc) is 2.76. The molecule has 2 heterocycles. The fourth-order valence-electron chi connectivity index (χ4n) is 2.70. The number of likely N-dealkylation sites (tertiary alicyclic amines) is 1. The quantitative estimate of drug-likeness (QED) is 0.924. The number of aromatic nitrogens is 1. The Kier molecular flexibility index (Phi) is 4.88. The van der Waals surface area contributed by atoms with Crippen LogP contribution in [0.4, 0.5) is 0 Å². The van der Waals surface area contributed by atoms with Gasteiger partial charge in [0, 0.05) is 16.3 Å². The predicted molar refractivity (Wildman–Crippen MR) is 87.1 cm³/mol. The summed E-state index contributed by atoms with van der Waals surface area (Å²) in [6, 6.07) is 0.0804. The molecule has 0 aliphatic carbocycles. The van der Waals surface area contributed by atoms with Crippen LogP contribution in [0.3, 0.4) is 0 Å². The van der Waals surface area contributed by atoms with Gasteiger partial charge in [0.25, 0.3) is 0 Å². The van der Waals surface area contributed by atoms with E-state index in [1.165, 1.54) is 41.5 Å². The zero-order chi connectivity index (χ0) is 14.9. The summed E-state index contributed by atoms with van der Waals surface area (Å²) < 4.78 is 0. The molecule has 0 aromatic carbocycles. The zero-order valence-corrected chi connectivity index (χ0v) is 14.4. The lowest BCUT2D eigenvalue weighted by atomic mass is 9.90. The molecule has 0 saturated carbocycles. The number of rotatable bonds is 3. The summed E-state index contributed by atoms with van der Waals surface area (Å²) >= 11 is 1.81. The molecule has 1 aliphatic heterocycles. The normalized spacial score (nSPS) is 20.3. The SMILES string of the molecule is CC1CCN(Cc2nc(C(C)(C)C)c(C(C)N)s2)CC1. The van der Waals surface area contributed by atoms with Gasteiger partial charge in [-0.3, -0.25) is 4.90 Å². The van der Waals surface area contributed by atoms with Crippen LogP contribution in [0.25, 0.3) is 0 Å². The molecular formula is C16H29N3S.